The first-order valence-corrected chi connectivity index (χ1v) is 7.44. The van der Waals surface area contributed by atoms with Crippen LogP contribution in [-0.2, 0) is 4.79 Å². The van der Waals surface area contributed by atoms with Crippen LogP contribution in [0.15, 0.2) is 24.3 Å². The van der Waals surface area contributed by atoms with Gasteiger partial charge in [0.15, 0.2) is 5.78 Å². The molecule has 0 N–H and O–H groups in total. The van der Waals surface area contributed by atoms with E-state index in [4.69, 9.17) is 16.9 Å². The van der Waals surface area contributed by atoms with Gasteiger partial charge in [0, 0.05) is 42.4 Å². The van der Waals surface area contributed by atoms with Crippen molar-refractivity contribution in [1.29, 1.82) is 5.26 Å². The highest BCUT2D eigenvalue weighted by molar-refractivity contribution is 6.31. The number of nitriles is 1. The second-order valence-corrected chi connectivity index (χ2v) is 5.65. The van der Waals surface area contributed by atoms with Crippen molar-refractivity contribution in [1.82, 2.24) is 4.90 Å². The van der Waals surface area contributed by atoms with Gasteiger partial charge in [-0.05, 0) is 25.0 Å². The van der Waals surface area contributed by atoms with Crippen LogP contribution in [-0.4, -0.2) is 29.7 Å². The molecule has 1 aromatic rings. The number of rotatable bonds is 4. The van der Waals surface area contributed by atoms with E-state index in [1.54, 1.807) is 29.2 Å². The first-order chi connectivity index (χ1) is 10.1. The fourth-order valence-corrected chi connectivity index (χ4v) is 2.63. The lowest BCUT2D eigenvalue weighted by Crippen LogP contribution is -2.38. The van der Waals surface area contributed by atoms with Gasteiger partial charge in [0.05, 0.1) is 6.07 Å². The average molecular weight is 305 g/mol. The van der Waals surface area contributed by atoms with Crippen molar-refractivity contribution in [2.24, 2.45) is 5.92 Å². The molecule has 1 amide bonds. The van der Waals surface area contributed by atoms with E-state index in [2.05, 4.69) is 6.07 Å². The van der Waals surface area contributed by atoms with Crippen molar-refractivity contribution in [2.75, 3.05) is 13.1 Å². The molecular weight excluding hydrogens is 288 g/mol. The van der Waals surface area contributed by atoms with Gasteiger partial charge in [-0.3, -0.25) is 9.59 Å². The molecule has 110 valence electrons. The molecule has 0 saturated carbocycles. The lowest BCUT2D eigenvalue weighted by molar-refractivity contribution is -0.132. The zero-order chi connectivity index (χ0) is 15.2. The van der Waals surface area contributed by atoms with Crippen molar-refractivity contribution in [3.05, 3.63) is 34.9 Å². The number of piperidine rings is 1. The number of nitrogens with zero attached hydrogens (tertiary/aromatic N) is 2. The molecule has 21 heavy (non-hydrogen) atoms. The molecule has 0 radical (unpaired) electrons. The summed E-state index contributed by atoms with van der Waals surface area (Å²) in [4.78, 5) is 25.8. The van der Waals surface area contributed by atoms with Crippen molar-refractivity contribution < 1.29 is 9.59 Å². The highest BCUT2D eigenvalue weighted by atomic mass is 35.5. The summed E-state index contributed by atoms with van der Waals surface area (Å²) >= 11 is 5.85. The minimum atomic E-state index is -0.0715. The predicted molar refractivity (Wildman–Crippen MR) is 79.9 cm³/mol. The van der Waals surface area contributed by atoms with E-state index in [0.29, 0.717) is 23.7 Å². The van der Waals surface area contributed by atoms with Crippen LogP contribution in [0.2, 0.25) is 5.02 Å². The van der Waals surface area contributed by atoms with E-state index in [1.807, 2.05) is 0 Å². The maximum atomic E-state index is 12.1. The Kier molecular flexibility index (Phi) is 5.35. The topological polar surface area (TPSA) is 61.2 Å². The minimum absolute atomic E-state index is 0.0123. The summed E-state index contributed by atoms with van der Waals surface area (Å²) in [5.41, 5.74) is 0.540. The third kappa shape index (κ3) is 4.30. The Morgan fingerprint density at radius 3 is 2.62 bits per heavy atom. The molecule has 4 nitrogen and oxygen atoms in total. The van der Waals surface area contributed by atoms with Crippen molar-refractivity contribution >= 4 is 23.3 Å². The Hall–Kier alpha value is -1.86. The summed E-state index contributed by atoms with van der Waals surface area (Å²) in [5, 5.41) is 9.35. The van der Waals surface area contributed by atoms with Crippen LogP contribution in [0.3, 0.4) is 0 Å². The van der Waals surface area contributed by atoms with Gasteiger partial charge in [0.2, 0.25) is 5.91 Å². The molecule has 1 aliphatic heterocycles. The van der Waals surface area contributed by atoms with Crippen molar-refractivity contribution in [3.63, 3.8) is 0 Å². The Morgan fingerprint density at radius 2 is 2.00 bits per heavy atom. The van der Waals surface area contributed by atoms with Gasteiger partial charge in [-0.1, -0.05) is 23.7 Å². The van der Waals surface area contributed by atoms with E-state index in [9.17, 15) is 9.59 Å². The molecule has 1 heterocycles. The number of amides is 1. The number of hydrogen-bond acceptors (Lipinski definition) is 3. The summed E-state index contributed by atoms with van der Waals surface area (Å²) in [6, 6.07) is 9.00. The Bertz CT molecular complexity index is 572. The van der Waals surface area contributed by atoms with Crippen LogP contribution in [0.1, 0.15) is 36.0 Å². The van der Waals surface area contributed by atoms with Crippen LogP contribution in [0.4, 0.5) is 0 Å². The van der Waals surface area contributed by atoms with E-state index in [1.165, 1.54) is 0 Å². The lowest BCUT2D eigenvalue weighted by Gasteiger charge is -2.29. The zero-order valence-corrected chi connectivity index (χ0v) is 12.5. The van der Waals surface area contributed by atoms with Gasteiger partial charge in [-0.15, -0.1) is 0 Å². The molecule has 2 rings (SSSR count). The van der Waals surface area contributed by atoms with E-state index < -0.39 is 0 Å². The van der Waals surface area contributed by atoms with Crippen LogP contribution in [0, 0.1) is 17.2 Å². The molecule has 0 spiro atoms. The van der Waals surface area contributed by atoms with Gasteiger partial charge in [-0.2, -0.15) is 5.26 Å². The molecule has 1 saturated heterocycles. The number of ketones is 1. The number of halogens is 1. The highest BCUT2D eigenvalue weighted by Crippen LogP contribution is 2.18. The number of hydrogen-bond donors (Lipinski definition) is 0. The van der Waals surface area contributed by atoms with Crippen LogP contribution < -0.4 is 0 Å². The smallest absolute Gasteiger partial charge is 0.223 e. The highest BCUT2D eigenvalue weighted by Gasteiger charge is 2.22. The normalized spacial score (nSPS) is 15.5. The zero-order valence-electron chi connectivity index (χ0n) is 11.7. The van der Waals surface area contributed by atoms with Gasteiger partial charge >= 0.3 is 0 Å². The van der Waals surface area contributed by atoms with Crippen LogP contribution in [0.5, 0.6) is 0 Å². The molecule has 1 aliphatic rings. The summed E-state index contributed by atoms with van der Waals surface area (Å²) in [7, 11) is 0. The Morgan fingerprint density at radius 1 is 1.29 bits per heavy atom. The maximum absolute atomic E-state index is 12.1. The molecule has 0 unspecified atom stereocenters. The quantitative estimate of drug-likeness (QED) is 0.803. The second-order valence-electron chi connectivity index (χ2n) is 5.22. The number of likely N-dealkylation sites (tertiary alicyclic amines) is 1. The molecule has 0 aliphatic carbocycles. The van der Waals surface area contributed by atoms with Crippen molar-refractivity contribution in [3.8, 4) is 6.07 Å². The molecule has 5 heteroatoms. The predicted octanol–water partition coefficient (Wildman–Crippen LogP) is 3.07. The van der Waals surface area contributed by atoms with Gasteiger partial charge in [-0.25, -0.2) is 0 Å². The molecule has 0 aromatic heterocycles. The fourth-order valence-electron chi connectivity index (χ4n) is 2.44. The van der Waals surface area contributed by atoms with Gasteiger partial charge in [0.25, 0.3) is 0 Å². The Labute approximate surface area is 129 Å². The SMILES string of the molecule is N#CC1CCN(C(=O)CCC(=O)c2cccc(Cl)c2)CC1. The molecule has 0 bridgehead atoms. The van der Waals surface area contributed by atoms with Gasteiger partial charge < -0.3 is 4.90 Å². The largest absolute Gasteiger partial charge is 0.343 e. The van der Waals surface area contributed by atoms with Gasteiger partial charge in [0.1, 0.15) is 0 Å². The van der Waals surface area contributed by atoms with Crippen molar-refractivity contribution in [2.45, 2.75) is 25.7 Å². The summed E-state index contributed by atoms with van der Waals surface area (Å²) < 4.78 is 0. The number of carbonyl (C=O) groups excluding carboxylic acids is 2. The number of carbonyl (C=O) groups is 2. The van der Waals surface area contributed by atoms with E-state index >= 15 is 0 Å². The first kappa shape index (κ1) is 15.5. The third-order valence-electron chi connectivity index (χ3n) is 3.74. The Balaban J connectivity index is 1.82. The fraction of sp³-hybridized carbons (Fsp3) is 0.438. The van der Waals surface area contributed by atoms with E-state index in [-0.39, 0.29) is 30.4 Å². The maximum Gasteiger partial charge on any atom is 0.223 e. The molecular formula is C16H17ClN2O2. The van der Waals surface area contributed by atoms with E-state index in [0.717, 1.165) is 12.8 Å². The van der Waals surface area contributed by atoms with Crippen LogP contribution in [0.25, 0.3) is 0 Å². The minimum Gasteiger partial charge on any atom is -0.343 e. The van der Waals surface area contributed by atoms with Crippen LogP contribution >= 0.6 is 11.6 Å². The number of Topliss-reactive ketones (excluding diaryl/α,β-unsaturated/α-hetero) is 1. The third-order valence-corrected chi connectivity index (χ3v) is 3.98. The summed E-state index contributed by atoms with van der Waals surface area (Å²) in [6.45, 7) is 1.23. The average Bonchev–Trinajstić information content (AvgIpc) is 2.52. The monoisotopic (exact) mass is 304 g/mol. The molecule has 0 atom stereocenters. The standard InChI is InChI=1S/C16H17ClN2O2/c17-14-3-1-2-13(10-14)15(20)4-5-16(21)19-8-6-12(11-18)7-9-19/h1-3,10,12H,4-9H2. The lowest BCUT2D eigenvalue weighted by atomic mass is 9.98. The second kappa shape index (κ2) is 7.24. The molecule has 1 aromatic carbocycles. The molecule has 1 fully saturated rings. The summed E-state index contributed by atoms with van der Waals surface area (Å²) in [6.07, 6.45) is 1.86. The number of benzene rings is 1. The first-order valence-electron chi connectivity index (χ1n) is 7.06. The summed E-state index contributed by atoms with van der Waals surface area (Å²) in [5.74, 6) is -0.0262.